The Bertz CT molecular complexity index is 184. The molecule has 2 heteroatoms. The lowest BCUT2D eigenvalue weighted by atomic mass is 10.0. The first-order chi connectivity index (χ1) is 10.3. The molecule has 0 amide bonds. The third-order valence-electron chi connectivity index (χ3n) is 4.05. The van der Waals surface area contributed by atoms with E-state index in [1.807, 2.05) is 0 Å². The third-order valence-corrected chi connectivity index (χ3v) is 4.05. The van der Waals surface area contributed by atoms with Gasteiger partial charge in [-0.25, -0.2) is 0 Å². The molecular weight excluding hydrogens is 258 g/mol. The molecule has 1 radical (unpaired) electrons. The van der Waals surface area contributed by atoms with E-state index in [1.54, 1.807) is 0 Å². The lowest BCUT2D eigenvalue weighted by molar-refractivity contribution is 0.122. The van der Waals surface area contributed by atoms with Crippen LogP contribution < -0.4 is 5.73 Å². The molecule has 2 nitrogen and oxygen atoms in total. The van der Waals surface area contributed by atoms with Gasteiger partial charge in [-0.1, -0.05) is 90.9 Å². The Hall–Kier alpha value is -0.0800. The van der Waals surface area contributed by atoms with Crippen molar-refractivity contribution in [2.24, 2.45) is 5.73 Å². The van der Waals surface area contributed by atoms with Crippen molar-refractivity contribution in [3.63, 3.8) is 0 Å². The fraction of sp³-hybridized carbons (Fsp3) is 0.947. The molecule has 0 aliphatic rings. The average Bonchev–Trinajstić information content (AvgIpc) is 2.48. The normalized spacial score (nSPS) is 12.7. The van der Waals surface area contributed by atoms with Crippen molar-refractivity contribution in [2.45, 2.75) is 103 Å². The highest BCUT2D eigenvalue weighted by atomic mass is 16.5. The van der Waals surface area contributed by atoms with Gasteiger partial charge in [-0.2, -0.15) is 0 Å². The molecule has 0 aromatic carbocycles. The second-order valence-corrected chi connectivity index (χ2v) is 6.37. The Morgan fingerprint density at radius 3 is 1.76 bits per heavy atom. The molecule has 0 aromatic heterocycles. The summed E-state index contributed by atoms with van der Waals surface area (Å²) in [5.41, 5.74) is 6.00. The van der Waals surface area contributed by atoms with Crippen molar-refractivity contribution < 1.29 is 4.74 Å². The zero-order valence-corrected chi connectivity index (χ0v) is 14.6. The molecule has 1 unspecified atom stereocenters. The number of ether oxygens (including phenoxy) is 1. The van der Waals surface area contributed by atoms with E-state index in [4.69, 9.17) is 10.5 Å². The molecule has 2 N–H and O–H groups in total. The van der Waals surface area contributed by atoms with Crippen LogP contribution in [-0.4, -0.2) is 19.3 Å². The van der Waals surface area contributed by atoms with Gasteiger partial charge in [-0.3, -0.25) is 0 Å². The van der Waals surface area contributed by atoms with Crippen molar-refractivity contribution in [3.05, 3.63) is 6.92 Å². The Labute approximate surface area is 134 Å². The molecule has 0 saturated heterocycles. The number of hydrogen-bond acceptors (Lipinski definition) is 2. The van der Waals surface area contributed by atoms with E-state index in [1.165, 1.54) is 77.0 Å². The van der Waals surface area contributed by atoms with Crippen LogP contribution in [0.2, 0.25) is 0 Å². The van der Waals surface area contributed by atoms with Gasteiger partial charge < -0.3 is 10.5 Å². The first-order valence-electron chi connectivity index (χ1n) is 9.43. The SMILES string of the molecule is [CH2]CCOCC(N)CCCCCCCCCCCCCC. The minimum absolute atomic E-state index is 0.222. The Morgan fingerprint density at radius 1 is 0.810 bits per heavy atom. The Balaban J connectivity index is 3.05. The number of nitrogens with two attached hydrogens (primary N) is 1. The van der Waals surface area contributed by atoms with E-state index in [2.05, 4.69) is 13.8 Å². The molecule has 0 aliphatic heterocycles. The number of rotatable bonds is 17. The van der Waals surface area contributed by atoms with Crippen molar-refractivity contribution in [2.75, 3.05) is 13.2 Å². The lowest BCUT2D eigenvalue weighted by Gasteiger charge is -2.11. The van der Waals surface area contributed by atoms with Crippen LogP contribution in [0.25, 0.3) is 0 Å². The van der Waals surface area contributed by atoms with Crippen molar-refractivity contribution in [1.82, 2.24) is 0 Å². The van der Waals surface area contributed by atoms with Gasteiger partial charge in [-0.15, -0.1) is 0 Å². The van der Waals surface area contributed by atoms with Crippen LogP contribution in [-0.2, 0) is 4.74 Å². The zero-order valence-electron chi connectivity index (χ0n) is 14.6. The van der Waals surface area contributed by atoms with Crippen LogP contribution in [0.15, 0.2) is 0 Å². The quantitative estimate of drug-likeness (QED) is 0.352. The summed E-state index contributed by atoms with van der Waals surface area (Å²) in [6.07, 6.45) is 18.7. The molecule has 1 atom stereocenters. The van der Waals surface area contributed by atoms with Gasteiger partial charge in [0.15, 0.2) is 0 Å². The third kappa shape index (κ3) is 17.9. The van der Waals surface area contributed by atoms with Crippen molar-refractivity contribution in [1.29, 1.82) is 0 Å². The van der Waals surface area contributed by atoms with Gasteiger partial charge in [-0.05, 0) is 12.8 Å². The molecular formula is C19H40NO. The smallest absolute Gasteiger partial charge is 0.0617 e. The summed E-state index contributed by atoms with van der Waals surface area (Å²) < 4.78 is 5.41. The summed E-state index contributed by atoms with van der Waals surface area (Å²) in [4.78, 5) is 0. The van der Waals surface area contributed by atoms with Crippen LogP contribution in [0.4, 0.5) is 0 Å². The summed E-state index contributed by atoms with van der Waals surface area (Å²) in [5, 5.41) is 0. The van der Waals surface area contributed by atoms with Gasteiger partial charge >= 0.3 is 0 Å². The Morgan fingerprint density at radius 2 is 1.29 bits per heavy atom. The standard InChI is InChI=1S/C19H40NO/c1-3-5-6-7-8-9-10-11-12-13-14-15-16-19(20)18-21-17-4-2/h19H,2-18,20H2,1H3. The molecule has 0 spiro atoms. The molecule has 0 rings (SSSR count). The van der Waals surface area contributed by atoms with Crippen molar-refractivity contribution >= 4 is 0 Å². The van der Waals surface area contributed by atoms with E-state index < -0.39 is 0 Å². The summed E-state index contributed by atoms with van der Waals surface area (Å²) >= 11 is 0. The molecule has 0 bridgehead atoms. The second kappa shape index (κ2) is 18.0. The number of hydrogen-bond donors (Lipinski definition) is 1. The highest BCUT2D eigenvalue weighted by Gasteiger charge is 2.02. The first kappa shape index (κ1) is 20.9. The van der Waals surface area contributed by atoms with Gasteiger partial charge in [0.05, 0.1) is 6.61 Å². The summed E-state index contributed by atoms with van der Waals surface area (Å²) in [7, 11) is 0. The summed E-state index contributed by atoms with van der Waals surface area (Å²) in [5.74, 6) is 0. The maximum Gasteiger partial charge on any atom is 0.0617 e. The monoisotopic (exact) mass is 298 g/mol. The largest absolute Gasteiger partial charge is 0.380 e. The van der Waals surface area contributed by atoms with Crippen LogP contribution >= 0.6 is 0 Å². The topological polar surface area (TPSA) is 35.2 Å². The summed E-state index contributed by atoms with van der Waals surface area (Å²) in [6, 6.07) is 0.222. The fourth-order valence-corrected chi connectivity index (χ4v) is 2.67. The Kier molecular flexibility index (Phi) is 17.9. The maximum absolute atomic E-state index is 6.00. The van der Waals surface area contributed by atoms with E-state index in [-0.39, 0.29) is 6.04 Å². The maximum atomic E-state index is 6.00. The first-order valence-corrected chi connectivity index (χ1v) is 9.43. The van der Waals surface area contributed by atoms with Gasteiger partial charge in [0.25, 0.3) is 0 Å². The predicted molar refractivity (Wildman–Crippen MR) is 94.5 cm³/mol. The average molecular weight is 299 g/mol. The van der Waals surface area contributed by atoms with Crippen LogP contribution in [0.3, 0.4) is 0 Å². The molecule has 21 heavy (non-hydrogen) atoms. The highest BCUT2D eigenvalue weighted by molar-refractivity contribution is 4.60. The molecule has 0 heterocycles. The predicted octanol–water partition coefficient (Wildman–Crippen LogP) is 5.65. The molecule has 0 fully saturated rings. The summed E-state index contributed by atoms with van der Waals surface area (Å²) in [6.45, 7) is 7.48. The minimum atomic E-state index is 0.222. The fourth-order valence-electron chi connectivity index (χ4n) is 2.67. The molecule has 127 valence electrons. The minimum Gasteiger partial charge on any atom is -0.380 e. The van der Waals surface area contributed by atoms with Gasteiger partial charge in [0.1, 0.15) is 0 Å². The zero-order chi connectivity index (χ0) is 15.6. The van der Waals surface area contributed by atoms with E-state index >= 15 is 0 Å². The van der Waals surface area contributed by atoms with Crippen molar-refractivity contribution in [3.8, 4) is 0 Å². The highest BCUT2D eigenvalue weighted by Crippen LogP contribution is 2.12. The van der Waals surface area contributed by atoms with Gasteiger partial charge in [0, 0.05) is 12.6 Å². The van der Waals surface area contributed by atoms with Crippen LogP contribution in [0.5, 0.6) is 0 Å². The second-order valence-electron chi connectivity index (χ2n) is 6.37. The van der Waals surface area contributed by atoms with Crippen LogP contribution in [0, 0.1) is 6.92 Å². The molecule has 0 aliphatic carbocycles. The molecule has 0 saturated carbocycles. The van der Waals surface area contributed by atoms with E-state index in [0.29, 0.717) is 6.61 Å². The number of unbranched alkanes of at least 4 members (excludes halogenated alkanes) is 11. The van der Waals surface area contributed by atoms with E-state index in [0.717, 1.165) is 19.4 Å². The van der Waals surface area contributed by atoms with Gasteiger partial charge in [0.2, 0.25) is 0 Å². The van der Waals surface area contributed by atoms with E-state index in [9.17, 15) is 0 Å². The lowest BCUT2D eigenvalue weighted by Crippen LogP contribution is -2.26. The molecule has 0 aromatic rings. The van der Waals surface area contributed by atoms with Crippen LogP contribution in [0.1, 0.15) is 96.8 Å².